The van der Waals surface area contributed by atoms with Crippen LogP contribution in [0.15, 0.2) is 72.8 Å². The van der Waals surface area contributed by atoms with Crippen LogP contribution in [-0.4, -0.2) is 4.98 Å². The van der Waals surface area contributed by atoms with Gasteiger partial charge in [0.05, 0.1) is 5.69 Å². The Morgan fingerprint density at radius 3 is 1.63 bits per heavy atom. The number of rotatable bonds is 2. The van der Waals surface area contributed by atoms with E-state index in [4.69, 9.17) is 0 Å². The Hall–Kier alpha value is -3.32. The summed E-state index contributed by atoms with van der Waals surface area (Å²) in [6.07, 6.45) is 4.90. The van der Waals surface area contributed by atoms with E-state index in [1.807, 2.05) is 0 Å². The molecule has 1 aromatic heterocycles. The van der Waals surface area contributed by atoms with Gasteiger partial charge in [0.1, 0.15) is 0 Å². The minimum absolute atomic E-state index is 0.163. The van der Waals surface area contributed by atoms with Gasteiger partial charge in [-0.3, -0.25) is 0 Å². The molecule has 0 saturated carbocycles. The molecule has 7 rings (SSSR count). The van der Waals surface area contributed by atoms with Gasteiger partial charge in [-0.25, -0.2) is 0 Å². The van der Waals surface area contributed by atoms with Gasteiger partial charge >= 0.3 is 0 Å². The number of hydrogen-bond acceptors (Lipinski definition) is 0. The smallest absolute Gasteiger partial charge is 0.0544 e. The van der Waals surface area contributed by atoms with Gasteiger partial charge in [0.25, 0.3) is 0 Å². The molecule has 0 bridgehead atoms. The molecule has 210 valence electrons. The van der Waals surface area contributed by atoms with Gasteiger partial charge in [0.2, 0.25) is 0 Å². The van der Waals surface area contributed by atoms with E-state index >= 15 is 0 Å². The monoisotopic (exact) mass is 539 g/mol. The van der Waals surface area contributed by atoms with Crippen LogP contribution in [0.2, 0.25) is 0 Å². The average molecular weight is 540 g/mol. The van der Waals surface area contributed by atoms with Crippen LogP contribution in [0.5, 0.6) is 0 Å². The standard InChI is InChI=1S/C40H45N/c1-37(2)19-21-39(5,6)31-23-26(13-16-29(31)37)34-35-28-12-10-9-11-25(28)15-18-33(35)41-36(34)27-14-17-30-32(24-27)40(7,8)22-20-38(30,3)4/h9-18,23-24,41H,19-22H2,1-8H3. The third-order valence-corrected chi connectivity index (χ3v) is 11.0. The number of H-pyrrole nitrogens is 1. The maximum Gasteiger partial charge on any atom is 0.0544 e. The maximum atomic E-state index is 3.94. The fraction of sp³-hybridized carbons (Fsp3) is 0.400. The van der Waals surface area contributed by atoms with Crippen molar-refractivity contribution in [3.8, 4) is 22.4 Å². The lowest BCUT2D eigenvalue weighted by atomic mass is 9.62. The second kappa shape index (κ2) is 8.60. The highest BCUT2D eigenvalue weighted by molar-refractivity contribution is 6.17. The van der Waals surface area contributed by atoms with Crippen LogP contribution >= 0.6 is 0 Å². The first-order chi connectivity index (χ1) is 19.3. The summed E-state index contributed by atoms with van der Waals surface area (Å²) in [5.41, 5.74) is 13.2. The van der Waals surface area contributed by atoms with Crippen LogP contribution in [0.4, 0.5) is 0 Å². The van der Waals surface area contributed by atoms with E-state index in [0.717, 1.165) is 0 Å². The van der Waals surface area contributed by atoms with Gasteiger partial charge in [0.15, 0.2) is 0 Å². The molecule has 0 saturated heterocycles. The van der Waals surface area contributed by atoms with E-state index in [2.05, 4.69) is 133 Å². The van der Waals surface area contributed by atoms with Crippen LogP contribution in [0, 0.1) is 0 Å². The van der Waals surface area contributed by atoms with Crippen LogP contribution in [0.3, 0.4) is 0 Å². The summed E-state index contributed by atoms with van der Waals surface area (Å²) >= 11 is 0. The molecule has 2 aliphatic rings. The lowest BCUT2D eigenvalue weighted by Gasteiger charge is -2.42. The lowest BCUT2D eigenvalue weighted by Crippen LogP contribution is -2.33. The van der Waals surface area contributed by atoms with Gasteiger partial charge in [0, 0.05) is 16.5 Å². The molecule has 1 N–H and O–H groups in total. The van der Waals surface area contributed by atoms with Crippen molar-refractivity contribution in [3.63, 3.8) is 0 Å². The van der Waals surface area contributed by atoms with Crippen molar-refractivity contribution in [3.05, 3.63) is 95.1 Å². The summed E-state index contributed by atoms with van der Waals surface area (Å²) in [4.78, 5) is 3.94. The third-order valence-electron chi connectivity index (χ3n) is 11.0. The first-order valence-electron chi connectivity index (χ1n) is 15.6. The molecular weight excluding hydrogens is 494 g/mol. The van der Waals surface area contributed by atoms with Crippen LogP contribution in [0.1, 0.15) is 103 Å². The van der Waals surface area contributed by atoms with E-state index in [1.165, 1.54) is 92.0 Å². The first-order valence-corrected chi connectivity index (χ1v) is 15.6. The molecule has 1 nitrogen and oxygen atoms in total. The van der Waals surface area contributed by atoms with Gasteiger partial charge in [-0.1, -0.05) is 116 Å². The van der Waals surface area contributed by atoms with Gasteiger partial charge in [-0.05, 0) is 104 Å². The zero-order valence-corrected chi connectivity index (χ0v) is 26.3. The third kappa shape index (κ3) is 4.03. The topological polar surface area (TPSA) is 15.8 Å². The van der Waals surface area contributed by atoms with E-state index in [-0.39, 0.29) is 21.7 Å². The normalized spacial score (nSPS) is 20.1. The Bertz CT molecular complexity index is 1840. The number of benzene rings is 4. The molecule has 0 spiro atoms. The highest BCUT2D eigenvalue weighted by Gasteiger charge is 2.39. The minimum atomic E-state index is 0.163. The largest absolute Gasteiger partial charge is 0.354 e. The van der Waals surface area contributed by atoms with Gasteiger partial charge < -0.3 is 4.98 Å². The predicted octanol–water partition coefficient (Wildman–Crippen LogP) is 11.4. The Morgan fingerprint density at radius 2 is 1.02 bits per heavy atom. The second-order valence-corrected chi connectivity index (χ2v) is 15.6. The molecule has 0 radical (unpaired) electrons. The highest BCUT2D eigenvalue weighted by Crippen LogP contribution is 2.51. The second-order valence-electron chi connectivity index (χ2n) is 15.6. The van der Waals surface area contributed by atoms with Crippen molar-refractivity contribution in [1.82, 2.24) is 4.98 Å². The highest BCUT2D eigenvalue weighted by atomic mass is 14.7. The number of aromatic nitrogens is 1. The van der Waals surface area contributed by atoms with Crippen molar-refractivity contribution in [2.24, 2.45) is 0 Å². The van der Waals surface area contributed by atoms with Crippen LogP contribution in [0.25, 0.3) is 44.1 Å². The Labute approximate surface area is 246 Å². The molecule has 0 unspecified atom stereocenters. The number of aromatic amines is 1. The molecule has 0 aliphatic heterocycles. The average Bonchev–Trinajstić information content (AvgIpc) is 3.34. The zero-order valence-electron chi connectivity index (χ0n) is 26.3. The van der Waals surface area contributed by atoms with Crippen molar-refractivity contribution >= 4 is 21.7 Å². The lowest BCUT2D eigenvalue weighted by molar-refractivity contribution is 0.332. The predicted molar refractivity (Wildman–Crippen MR) is 177 cm³/mol. The minimum Gasteiger partial charge on any atom is -0.354 e. The van der Waals surface area contributed by atoms with Crippen molar-refractivity contribution in [1.29, 1.82) is 0 Å². The quantitative estimate of drug-likeness (QED) is 0.230. The molecule has 41 heavy (non-hydrogen) atoms. The molecule has 4 aromatic carbocycles. The zero-order chi connectivity index (χ0) is 28.9. The molecule has 0 atom stereocenters. The van der Waals surface area contributed by atoms with Crippen molar-refractivity contribution in [2.75, 3.05) is 0 Å². The molecule has 0 fully saturated rings. The molecule has 2 aliphatic carbocycles. The summed E-state index contributed by atoms with van der Waals surface area (Å²) in [7, 11) is 0. The van der Waals surface area contributed by atoms with E-state index in [9.17, 15) is 0 Å². The summed E-state index contributed by atoms with van der Waals surface area (Å²) in [6.45, 7) is 19.4. The van der Waals surface area contributed by atoms with Crippen molar-refractivity contribution in [2.45, 2.75) is 103 Å². The molecule has 1 heterocycles. The summed E-state index contributed by atoms with van der Waals surface area (Å²) < 4.78 is 0. The fourth-order valence-corrected chi connectivity index (χ4v) is 7.96. The molecular formula is C40H45N. The maximum absolute atomic E-state index is 3.94. The Morgan fingerprint density at radius 1 is 0.512 bits per heavy atom. The van der Waals surface area contributed by atoms with Gasteiger partial charge in [-0.15, -0.1) is 0 Å². The SMILES string of the molecule is CC1(C)CCC(C)(C)c2cc(-c3[nH]c4ccc5ccccc5c4c3-c3ccc4c(c3)C(C)(C)CCC4(C)C)ccc21. The summed E-state index contributed by atoms with van der Waals surface area (Å²) in [5, 5.41) is 3.95. The summed E-state index contributed by atoms with van der Waals surface area (Å²) in [6, 6.07) is 28.1. The first kappa shape index (κ1) is 26.6. The van der Waals surface area contributed by atoms with E-state index < -0.39 is 0 Å². The van der Waals surface area contributed by atoms with Crippen molar-refractivity contribution < 1.29 is 0 Å². The van der Waals surface area contributed by atoms with Crippen LogP contribution < -0.4 is 0 Å². The number of fused-ring (bicyclic) bond motifs is 5. The summed E-state index contributed by atoms with van der Waals surface area (Å²) in [5.74, 6) is 0. The van der Waals surface area contributed by atoms with Gasteiger partial charge in [-0.2, -0.15) is 0 Å². The molecule has 0 amide bonds. The molecule has 5 aromatic rings. The van der Waals surface area contributed by atoms with E-state index in [0.29, 0.717) is 0 Å². The number of nitrogens with one attached hydrogen (secondary N) is 1. The fourth-order valence-electron chi connectivity index (χ4n) is 7.96. The Kier molecular flexibility index (Phi) is 5.57. The van der Waals surface area contributed by atoms with Crippen LogP contribution in [-0.2, 0) is 21.7 Å². The Balaban J connectivity index is 1.55. The number of hydrogen-bond donors (Lipinski definition) is 1. The van der Waals surface area contributed by atoms with E-state index in [1.54, 1.807) is 0 Å². The molecule has 1 heteroatoms.